The Kier molecular flexibility index (Phi) is 21.7. The zero-order chi connectivity index (χ0) is 87.9. The zero-order valence-corrected chi connectivity index (χ0v) is 71.0. The van der Waals surface area contributed by atoms with Gasteiger partial charge in [0.2, 0.25) is 0 Å². The van der Waals surface area contributed by atoms with Gasteiger partial charge in [-0.15, -0.1) is 0 Å². The van der Waals surface area contributed by atoms with E-state index in [1.54, 1.807) is 55.8 Å². The molecule has 12 aromatic heterocycles. The lowest BCUT2D eigenvalue weighted by Crippen LogP contribution is -1.98. The van der Waals surface area contributed by atoms with Crippen LogP contribution in [0.5, 0.6) is 0 Å². The highest BCUT2D eigenvalue weighted by molar-refractivity contribution is 6.16. The van der Waals surface area contributed by atoms with Gasteiger partial charge < -0.3 is 0 Å². The molecule has 15 nitrogen and oxygen atoms in total. The molecular formula is C117H75N15. The van der Waals surface area contributed by atoms with Crippen LogP contribution < -0.4 is 0 Å². The molecule has 0 aliphatic heterocycles. The minimum absolute atomic E-state index is 0.552. The Hall–Kier alpha value is -18.2. The van der Waals surface area contributed by atoms with Crippen molar-refractivity contribution in [2.75, 3.05) is 0 Å². The lowest BCUT2D eigenvalue weighted by molar-refractivity contribution is 1.13. The van der Waals surface area contributed by atoms with Gasteiger partial charge in [-0.25, -0.2) is 44.9 Å². The van der Waals surface area contributed by atoms with E-state index in [1.165, 1.54) is 32.3 Å². The summed E-state index contributed by atoms with van der Waals surface area (Å²) in [6, 6.07) is 135. The fourth-order valence-corrected chi connectivity index (χ4v) is 17.1. The lowest BCUT2D eigenvalue weighted by Gasteiger charge is -2.14. The molecule has 618 valence electrons. The first-order valence-corrected chi connectivity index (χ1v) is 43.5. The molecule has 0 radical (unpaired) electrons. The molecule has 0 aliphatic carbocycles. The maximum absolute atomic E-state index is 5.20. The maximum Gasteiger partial charge on any atom is 0.179 e. The fraction of sp³-hybridized carbons (Fsp3) is 0. The molecular weight excluding hydrogens is 1620 g/mol. The minimum Gasteiger partial charge on any atom is -0.265 e. The highest BCUT2D eigenvalue weighted by Crippen LogP contribution is 2.43. The van der Waals surface area contributed by atoms with Gasteiger partial charge in [0.05, 0.1) is 73.5 Å². The van der Waals surface area contributed by atoms with E-state index in [1.807, 2.05) is 109 Å². The van der Waals surface area contributed by atoms with Crippen LogP contribution in [0.2, 0.25) is 0 Å². The molecule has 0 bridgehead atoms. The summed E-state index contributed by atoms with van der Waals surface area (Å²) in [6.07, 6.45) is 17.7. The van der Waals surface area contributed by atoms with Crippen molar-refractivity contribution >= 4 is 65.0 Å². The Labute approximate surface area is 760 Å². The van der Waals surface area contributed by atoms with Gasteiger partial charge in [0.15, 0.2) is 17.5 Å². The number of nitrogens with zero attached hydrogens (tertiary/aromatic N) is 15. The number of hydrogen-bond donors (Lipinski definition) is 0. The van der Waals surface area contributed by atoms with Crippen LogP contribution in [0, 0.1) is 0 Å². The highest BCUT2D eigenvalue weighted by Gasteiger charge is 2.22. The van der Waals surface area contributed by atoms with Crippen LogP contribution in [0.4, 0.5) is 0 Å². The molecule has 0 saturated heterocycles. The van der Waals surface area contributed by atoms with Crippen molar-refractivity contribution in [1.82, 2.24) is 74.8 Å². The van der Waals surface area contributed by atoms with Crippen molar-refractivity contribution in [3.8, 4) is 169 Å². The average Bonchev–Trinajstić information content (AvgIpc) is 0.431. The van der Waals surface area contributed by atoms with E-state index in [2.05, 4.69) is 321 Å². The fourth-order valence-electron chi connectivity index (χ4n) is 17.1. The van der Waals surface area contributed by atoms with Crippen LogP contribution in [-0.2, 0) is 0 Å². The quantitative estimate of drug-likeness (QED) is 0.0879. The predicted molar refractivity (Wildman–Crippen MR) is 533 cm³/mol. The van der Waals surface area contributed by atoms with Crippen molar-refractivity contribution in [1.29, 1.82) is 0 Å². The molecule has 0 amide bonds. The second kappa shape index (κ2) is 36.0. The molecule has 12 heterocycles. The first-order chi connectivity index (χ1) is 65.4. The molecule has 12 aromatic carbocycles. The van der Waals surface area contributed by atoms with E-state index in [9.17, 15) is 0 Å². The highest BCUT2D eigenvalue weighted by atomic mass is 14.9. The minimum atomic E-state index is 0.552. The van der Waals surface area contributed by atoms with E-state index in [0.717, 1.165) is 179 Å². The van der Waals surface area contributed by atoms with E-state index in [4.69, 9.17) is 44.9 Å². The van der Waals surface area contributed by atoms with Gasteiger partial charge >= 0.3 is 0 Å². The van der Waals surface area contributed by atoms with Crippen molar-refractivity contribution in [3.63, 3.8) is 0 Å². The summed E-state index contributed by atoms with van der Waals surface area (Å²) >= 11 is 0. The molecule has 0 unspecified atom stereocenters. The molecule has 24 rings (SSSR count). The Morgan fingerprint density at radius 1 is 0.144 bits per heavy atom. The second-order valence-corrected chi connectivity index (χ2v) is 31.8. The first-order valence-electron chi connectivity index (χ1n) is 43.5. The Morgan fingerprint density at radius 2 is 0.455 bits per heavy atom. The number of hydrogen-bond acceptors (Lipinski definition) is 15. The number of benzene rings is 12. The maximum atomic E-state index is 5.20. The lowest BCUT2D eigenvalue weighted by atomic mass is 9.94. The summed E-state index contributed by atoms with van der Waals surface area (Å²) in [5, 5.41) is 10.7. The third kappa shape index (κ3) is 16.6. The number of rotatable bonds is 15. The molecule has 0 N–H and O–H groups in total. The summed E-state index contributed by atoms with van der Waals surface area (Å²) in [7, 11) is 0. The first kappa shape index (κ1) is 79.7. The summed E-state index contributed by atoms with van der Waals surface area (Å²) in [5.74, 6) is 1.81. The van der Waals surface area contributed by atoms with Crippen LogP contribution in [0.25, 0.3) is 234 Å². The van der Waals surface area contributed by atoms with Crippen molar-refractivity contribution < 1.29 is 0 Å². The molecule has 0 atom stereocenters. The van der Waals surface area contributed by atoms with E-state index >= 15 is 0 Å². The van der Waals surface area contributed by atoms with Crippen molar-refractivity contribution in [2.45, 2.75) is 0 Å². The van der Waals surface area contributed by atoms with Gasteiger partial charge in [0.25, 0.3) is 0 Å². The topological polar surface area (TPSA) is 193 Å². The summed E-state index contributed by atoms with van der Waals surface area (Å²) in [5.41, 5.74) is 28.5. The standard InChI is InChI=1S/3C39H25N5/c1-2-9-26(10-3-1)33-22-35(42-34-18-17-27-11-4-5-16-32(27)38(33)34)28-12-6-13-29(21-28)36-23-37(30-14-7-19-40-24-30)44-39(43-36)31-15-8-20-41-25-31;1-2-11-26(12-3-1)31-24-35(42-33-20-19-27-13-4-5-16-30(27)38(31)33)28-14-10-15-29(23-28)36-25-37(32-17-6-8-21-40-32)44-39(43-36)34-18-7-9-22-41-34;1-2-7-26(8-3-1)33-24-35(42-34-14-13-27-9-4-5-12-32(27)38(33)34)30-10-6-11-31(23-30)37-25-36(28-15-19-40-20-16-28)43-39(44-37)29-17-21-41-22-18-29/h3*1-25H. The van der Waals surface area contributed by atoms with Crippen molar-refractivity contribution in [3.05, 3.63) is 456 Å². The number of fused-ring (bicyclic) bond motifs is 9. The third-order valence-electron chi connectivity index (χ3n) is 23.5. The normalized spacial score (nSPS) is 11.2. The van der Waals surface area contributed by atoms with E-state index in [0.29, 0.717) is 23.2 Å². The van der Waals surface area contributed by atoms with Crippen LogP contribution in [0.15, 0.2) is 456 Å². The van der Waals surface area contributed by atoms with Crippen LogP contribution in [-0.4, -0.2) is 74.8 Å². The van der Waals surface area contributed by atoms with Gasteiger partial charge in [-0.1, -0.05) is 249 Å². The molecule has 0 saturated carbocycles. The molecule has 0 spiro atoms. The Morgan fingerprint density at radius 3 is 0.848 bits per heavy atom. The Balaban J connectivity index is 0.000000116. The monoisotopic (exact) mass is 1690 g/mol. The van der Waals surface area contributed by atoms with Gasteiger partial charge in [-0.3, -0.25) is 29.9 Å². The van der Waals surface area contributed by atoms with Gasteiger partial charge in [0, 0.05) is 134 Å². The molecule has 132 heavy (non-hydrogen) atoms. The summed E-state index contributed by atoms with van der Waals surface area (Å²) in [6.45, 7) is 0. The molecule has 24 aromatic rings. The SMILES string of the molecule is c1ccc(-c2cc(-c3cccc(-c4cc(-c5ccccn5)nc(-c5ccccn5)n4)c3)nc3ccc4ccccc4c23)cc1.c1ccc(-c2cc(-c3cccc(-c4cc(-c5cccnc5)nc(-c5cccnc5)n4)c3)nc3ccc4ccccc4c23)cc1.c1ccc(-c2cc(-c3cccc(-c4cc(-c5ccncc5)nc(-c5ccncc5)n4)c3)nc3ccc4ccccc4c23)cc1. The summed E-state index contributed by atoms with van der Waals surface area (Å²) < 4.78 is 0. The van der Waals surface area contributed by atoms with E-state index in [-0.39, 0.29) is 0 Å². The second-order valence-electron chi connectivity index (χ2n) is 31.8. The third-order valence-corrected chi connectivity index (χ3v) is 23.5. The predicted octanol–water partition coefficient (Wildman–Crippen LogP) is 27.9. The largest absolute Gasteiger partial charge is 0.265 e. The van der Waals surface area contributed by atoms with Crippen LogP contribution >= 0.6 is 0 Å². The molecule has 0 aliphatic rings. The van der Waals surface area contributed by atoms with Gasteiger partial charge in [-0.2, -0.15) is 0 Å². The van der Waals surface area contributed by atoms with Crippen LogP contribution in [0.1, 0.15) is 0 Å². The summed E-state index contributed by atoms with van der Waals surface area (Å²) in [4.78, 5) is 71.2. The number of pyridine rings is 9. The van der Waals surface area contributed by atoms with Crippen molar-refractivity contribution in [2.24, 2.45) is 0 Å². The zero-order valence-electron chi connectivity index (χ0n) is 71.0. The van der Waals surface area contributed by atoms with Gasteiger partial charge in [-0.05, 0) is 211 Å². The number of aromatic nitrogens is 15. The van der Waals surface area contributed by atoms with Crippen LogP contribution in [0.3, 0.4) is 0 Å². The van der Waals surface area contributed by atoms with E-state index < -0.39 is 0 Å². The molecule has 0 fully saturated rings. The molecule has 15 heteroatoms. The Bertz CT molecular complexity index is 7410. The smallest absolute Gasteiger partial charge is 0.179 e. The average molecular weight is 1690 g/mol. The van der Waals surface area contributed by atoms with Gasteiger partial charge in [0.1, 0.15) is 5.69 Å².